The molecule has 0 atom stereocenters. The van der Waals surface area contributed by atoms with Crippen LogP contribution in [0.15, 0.2) is 36.9 Å². The van der Waals surface area contributed by atoms with Gasteiger partial charge in [-0.25, -0.2) is 0 Å². The maximum Gasteiger partial charge on any atom is 0.184 e. The van der Waals surface area contributed by atoms with Gasteiger partial charge in [0.15, 0.2) is 6.29 Å². The number of benzene rings is 1. The molecule has 0 N–H and O–H groups in total. The molecule has 0 saturated carbocycles. The van der Waals surface area contributed by atoms with Gasteiger partial charge in [0.05, 0.1) is 13.2 Å². The van der Waals surface area contributed by atoms with Gasteiger partial charge in [-0.05, 0) is 12.0 Å². The predicted molar refractivity (Wildman–Crippen MR) is 55.0 cm³/mol. The Morgan fingerprint density at radius 1 is 1.21 bits per heavy atom. The van der Waals surface area contributed by atoms with E-state index in [9.17, 15) is 0 Å². The number of hydrogen-bond donors (Lipinski definition) is 0. The molecule has 0 aliphatic carbocycles. The van der Waals surface area contributed by atoms with Crippen LogP contribution in [-0.4, -0.2) is 13.2 Å². The lowest BCUT2D eigenvalue weighted by Gasteiger charge is -2.09. The van der Waals surface area contributed by atoms with Gasteiger partial charge in [-0.15, -0.1) is 6.58 Å². The molecule has 2 heteroatoms. The summed E-state index contributed by atoms with van der Waals surface area (Å²) in [5.74, 6) is 0. The van der Waals surface area contributed by atoms with Crippen molar-refractivity contribution in [2.24, 2.45) is 0 Å². The molecule has 1 heterocycles. The van der Waals surface area contributed by atoms with E-state index in [0.29, 0.717) is 13.2 Å². The Balaban J connectivity index is 2.08. The first-order valence-electron chi connectivity index (χ1n) is 4.83. The Morgan fingerprint density at radius 2 is 1.86 bits per heavy atom. The van der Waals surface area contributed by atoms with Gasteiger partial charge < -0.3 is 9.47 Å². The molecule has 1 aromatic rings. The summed E-state index contributed by atoms with van der Waals surface area (Å²) in [4.78, 5) is 0. The zero-order valence-electron chi connectivity index (χ0n) is 8.11. The molecule has 0 aromatic heterocycles. The van der Waals surface area contributed by atoms with E-state index in [2.05, 4.69) is 30.8 Å². The quantitative estimate of drug-likeness (QED) is 0.682. The molecular weight excluding hydrogens is 176 g/mol. The van der Waals surface area contributed by atoms with Crippen LogP contribution in [0.1, 0.15) is 17.4 Å². The molecule has 1 saturated heterocycles. The molecule has 1 fully saturated rings. The second-order valence-electron chi connectivity index (χ2n) is 3.31. The molecule has 1 aromatic carbocycles. The van der Waals surface area contributed by atoms with Crippen LogP contribution in [0.5, 0.6) is 0 Å². The van der Waals surface area contributed by atoms with Crippen LogP contribution in [0, 0.1) is 0 Å². The first-order chi connectivity index (χ1) is 6.90. The van der Waals surface area contributed by atoms with Gasteiger partial charge in [-0.2, -0.15) is 0 Å². The fraction of sp³-hybridized carbons (Fsp3) is 0.333. The maximum absolute atomic E-state index is 5.40. The van der Waals surface area contributed by atoms with Crippen molar-refractivity contribution < 1.29 is 9.47 Å². The Labute approximate surface area is 84.2 Å². The van der Waals surface area contributed by atoms with Crippen molar-refractivity contribution in [1.29, 1.82) is 0 Å². The van der Waals surface area contributed by atoms with E-state index in [0.717, 1.165) is 12.0 Å². The first-order valence-corrected chi connectivity index (χ1v) is 4.83. The van der Waals surface area contributed by atoms with Crippen LogP contribution in [0.3, 0.4) is 0 Å². The minimum atomic E-state index is -0.159. The van der Waals surface area contributed by atoms with Crippen LogP contribution in [-0.2, 0) is 15.9 Å². The van der Waals surface area contributed by atoms with E-state index in [1.165, 1.54) is 5.56 Å². The number of ether oxygens (including phenoxy) is 2. The van der Waals surface area contributed by atoms with Crippen molar-refractivity contribution in [1.82, 2.24) is 0 Å². The molecule has 0 spiro atoms. The normalized spacial score (nSPS) is 17.1. The van der Waals surface area contributed by atoms with Crippen molar-refractivity contribution in [3.63, 3.8) is 0 Å². The highest BCUT2D eigenvalue weighted by Gasteiger charge is 2.17. The monoisotopic (exact) mass is 190 g/mol. The molecule has 0 unspecified atom stereocenters. The molecule has 0 radical (unpaired) electrons. The van der Waals surface area contributed by atoms with E-state index >= 15 is 0 Å². The summed E-state index contributed by atoms with van der Waals surface area (Å²) in [6, 6.07) is 8.27. The largest absolute Gasteiger partial charge is 0.346 e. The van der Waals surface area contributed by atoms with E-state index < -0.39 is 0 Å². The number of hydrogen-bond acceptors (Lipinski definition) is 2. The Bertz CT molecular complexity index is 297. The molecule has 14 heavy (non-hydrogen) atoms. The Hall–Kier alpha value is -1.12. The Morgan fingerprint density at radius 3 is 2.43 bits per heavy atom. The minimum absolute atomic E-state index is 0.159. The van der Waals surface area contributed by atoms with E-state index in [4.69, 9.17) is 9.47 Å². The summed E-state index contributed by atoms with van der Waals surface area (Å²) >= 11 is 0. The molecule has 0 amide bonds. The summed E-state index contributed by atoms with van der Waals surface area (Å²) in [5, 5.41) is 0. The van der Waals surface area contributed by atoms with E-state index in [-0.39, 0.29) is 6.29 Å². The predicted octanol–water partition coefficient (Wildman–Crippen LogP) is 2.46. The van der Waals surface area contributed by atoms with Crippen LogP contribution in [0.25, 0.3) is 0 Å². The molecular formula is C12H14O2. The van der Waals surface area contributed by atoms with Gasteiger partial charge in [0.1, 0.15) is 0 Å². The molecule has 2 nitrogen and oxygen atoms in total. The lowest BCUT2D eigenvalue weighted by molar-refractivity contribution is -0.0441. The van der Waals surface area contributed by atoms with Crippen molar-refractivity contribution >= 4 is 0 Å². The van der Waals surface area contributed by atoms with Crippen LogP contribution >= 0.6 is 0 Å². The third-order valence-corrected chi connectivity index (χ3v) is 2.25. The molecule has 0 bridgehead atoms. The minimum Gasteiger partial charge on any atom is -0.346 e. The fourth-order valence-electron chi connectivity index (χ4n) is 1.53. The third-order valence-electron chi connectivity index (χ3n) is 2.25. The van der Waals surface area contributed by atoms with Crippen molar-refractivity contribution in [2.75, 3.05) is 13.2 Å². The standard InChI is InChI=1S/C12H14O2/c1-2-3-10-4-6-11(7-5-10)12-13-8-9-14-12/h2,4-7,12H,1,3,8-9H2. The van der Waals surface area contributed by atoms with Gasteiger partial charge in [0.25, 0.3) is 0 Å². The molecule has 74 valence electrons. The van der Waals surface area contributed by atoms with E-state index in [1.807, 2.05) is 6.08 Å². The van der Waals surface area contributed by atoms with Gasteiger partial charge in [-0.3, -0.25) is 0 Å². The first kappa shape index (κ1) is 9.44. The highest BCUT2D eigenvalue weighted by atomic mass is 16.7. The molecule has 2 rings (SSSR count). The zero-order chi connectivity index (χ0) is 9.80. The summed E-state index contributed by atoms with van der Waals surface area (Å²) in [7, 11) is 0. The van der Waals surface area contributed by atoms with E-state index in [1.54, 1.807) is 0 Å². The Kier molecular flexibility index (Phi) is 2.96. The maximum atomic E-state index is 5.40. The van der Waals surface area contributed by atoms with Crippen LogP contribution in [0.4, 0.5) is 0 Å². The summed E-state index contributed by atoms with van der Waals surface area (Å²) < 4.78 is 10.8. The molecule has 1 aliphatic heterocycles. The van der Waals surface area contributed by atoms with Crippen molar-refractivity contribution in [2.45, 2.75) is 12.7 Å². The number of rotatable bonds is 3. The third kappa shape index (κ3) is 2.03. The van der Waals surface area contributed by atoms with Crippen LogP contribution < -0.4 is 0 Å². The van der Waals surface area contributed by atoms with Crippen molar-refractivity contribution in [3.8, 4) is 0 Å². The average molecular weight is 190 g/mol. The summed E-state index contributed by atoms with van der Waals surface area (Å²) in [6.07, 6.45) is 2.65. The smallest absolute Gasteiger partial charge is 0.184 e. The van der Waals surface area contributed by atoms with Gasteiger partial charge in [0.2, 0.25) is 0 Å². The number of allylic oxidation sites excluding steroid dienone is 1. The topological polar surface area (TPSA) is 18.5 Å². The average Bonchev–Trinajstić information content (AvgIpc) is 2.72. The van der Waals surface area contributed by atoms with Gasteiger partial charge in [0, 0.05) is 5.56 Å². The molecule has 1 aliphatic rings. The second kappa shape index (κ2) is 4.40. The summed E-state index contributed by atoms with van der Waals surface area (Å²) in [6.45, 7) is 5.09. The highest BCUT2D eigenvalue weighted by Crippen LogP contribution is 2.23. The zero-order valence-corrected chi connectivity index (χ0v) is 8.11. The van der Waals surface area contributed by atoms with Gasteiger partial charge >= 0.3 is 0 Å². The van der Waals surface area contributed by atoms with Crippen molar-refractivity contribution in [3.05, 3.63) is 48.0 Å². The highest BCUT2D eigenvalue weighted by molar-refractivity contribution is 5.24. The fourth-order valence-corrected chi connectivity index (χ4v) is 1.53. The SMILES string of the molecule is C=CCc1ccc(C2OCCO2)cc1. The van der Waals surface area contributed by atoms with Crippen LogP contribution in [0.2, 0.25) is 0 Å². The lowest BCUT2D eigenvalue weighted by Crippen LogP contribution is -1.97. The second-order valence-corrected chi connectivity index (χ2v) is 3.31. The van der Waals surface area contributed by atoms with Gasteiger partial charge in [-0.1, -0.05) is 30.3 Å². The summed E-state index contributed by atoms with van der Waals surface area (Å²) in [5.41, 5.74) is 2.36. The lowest BCUT2D eigenvalue weighted by atomic mass is 10.1.